The highest BCUT2D eigenvalue weighted by Crippen LogP contribution is 2.37. The van der Waals surface area contributed by atoms with Crippen molar-refractivity contribution >= 4 is 25.0 Å². The van der Waals surface area contributed by atoms with Gasteiger partial charge in [0.2, 0.25) is 0 Å². The van der Waals surface area contributed by atoms with Crippen LogP contribution in [0.2, 0.25) is 50.9 Å². The van der Waals surface area contributed by atoms with Crippen LogP contribution in [-0.2, 0) is 8.85 Å². The van der Waals surface area contributed by atoms with E-state index in [1.807, 2.05) is 7.11 Å². The van der Waals surface area contributed by atoms with Gasteiger partial charge in [-0.1, -0.05) is 39.5 Å². The lowest BCUT2D eigenvalue weighted by Gasteiger charge is -2.40. The van der Waals surface area contributed by atoms with E-state index in [1.54, 1.807) is 0 Å². The lowest BCUT2D eigenvalue weighted by Crippen LogP contribution is -2.57. The van der Waals surface area contributed by atoms with Crippen molar-refractivity contribution in [3.8, 4) is 0 Å². The first-order valence-corrected chi connectivity index (χ1v) is 16.0. The Hall–Kier alpha value is 0.531. The van der Waals surface area contributed by atoms with Crippen LogP contribution in [-0.4, -0.2) is 43.1 Å². The van der Waals surface area contributed by atoms with Crippen LogP contribution in [0.1, 0.15) is 13.3 Å². The van der Waals surface area contributed by atoms with Crippen LogP contribution in [0, 0.1) is 0 Å². The molecule has 0 spiro atoms. The molecule has 1 aliphatic heterocycles. The normalized spacial score (nSPS) is 26.2. The minimum Gasteiger partial charge on any atom is -0.398 e. The zero-order valence-electron chi connectivity index (χ0n) is 13.3. The fourth-order valence-corrected chi connectivity index (χ4v) is 18.5. The third-order valence-electron chi connectivity index (χ3n) is 4.44. The van der Waals surface area contributed by atoms with Crippen LogP contribution in [0.4, 0.5) is 0 Å². The minimum atomic E-state index is -1.91. The summed E-state index contributed by atoms with van der Waals surface area (Å²) in [5.41, 5.74) is 0. The molecule has 6 heteroatoms. The van der Waals surface area contributed by atoms with E-state index in [0.717, 1.165) is 19.2 Å². The summed E-state index contributed by atoms with van der Waals surface area (Å²) in [5.74, 6) is 0. The van der Waals surface area contributed by atoms with Crippen LogP contribution in [0.15, 0.2) is 0 Å². The van der Waals surface area contributed by atoms with Crippen LogP contribution in [0.25, 0.3) is 0 Å². The average Bonchev–Trinajstić information content (AvgIpc) is 2.47. The molecule has 0 aliphatic carbocycles. The van der Waals surface area contributed by atoms with Gasteiger partial charge in [0.1, 0.15) is 16.5 Å². The second-order valence-corrected chi connectivity index (χ2v) is 20.2. The lowest BCUT2D eigenvalue weighted by atomic mass is 10.6. The topological polar surface area (TPSA) is 21.7 Å². The lowest BCUT2D eigenvalue weighted by molar-refractivity contribution is 0.167. The Balaban J connectivity index is 2.66. The van der Waals surface area contributed by atoms with Gasteiger partial charge in [-0.2, -0.15) is 0 Å². The summed E-state index contributed by atoms with van der Waals surface area (Å²) < 4.78 is 14.8. The standard InChI is InChI=1S/C12H31NO2Si3/c1-8-9-18(7,14-2)15-12-13-16(3,4)10-11-17(13,5)6/h8-12H2,1-7H3. The first-order valence-electron chi connectivity index (χ1n) is 7.14. The predicted octanol–water partition coefficient (Wildman–Crippen LogP) is 3.81. The van der Waals surface area contributed by atoms with Crippen molar-refractivity contribution in [3.63, 3.8) is 0 Å². The molecule has 0 saturated carbocycles. The van der Waals surface area contributed by atoms with E-state index < -0.39 is 25.0 Å². The molecule has 108 valence electrons. The van der Waals surface area contributed by atoms with Crippen molar-refractivity contribution in [2.45, 2.75) is 64.2 Å². The Bertz CT molecular complexity index is 270. The van der Waals surface area contributed by atoms with E-state index in [1.165, 1.54) is 12.1 Å². The second kappa shape index (κ2) is 5.89. The summed E-state index contributed by atoms with van der Waals surface area (Å²) in [7, 11) is -2.50. The van der Waals surface area contributed by atoms with Crippen molar-refractivity contribution < 1.29 is 8.85 Å². The zero-order valence-corrected chi connectivity index (χ0v) is 16.3. The molecule has 1 aliphatic rings. The molecule has 0 amide bonds. The van der Waals surface area contributed by atoms with E-state index in [2.05, 4.69) is 43.9 Å². The molecule has 1 saturated heterocycles. The monoisotopic (exact) mass is 305 g/mol. The van der Waals surface area contributed by atoms with Crippen LogP contribution in [0.3, 0.4) is 0 Å². The number of hydrogen-bond donors (Lipinski definition) is 0. The maximum absolute atomic E-state index is 6.29. The van der Waals surface area contributed by atoms with Gasteiger partial charge in [0.15, 0.2) is 0 Å². The molecule has 1 fully saturated rings. The maximum Gasteiger partial charge on any atom is 0.335 e. The van der Waals surface area contributed by atoms with Gasteiger partial charge in [0, 0.05) is 7.11 Å². The van der Waals surface area contributed by atoms with Crippen LogP contribution < -0.4 is 0 Å². The molecule has 0 aromatic heterocycles. The van der Waals surface area contributed by atoms with E-state index >= 15 is 0 Å². The van der Waals surface area contributed by atoms with Gasteiger partial charge >= 0.3 is 8.56 Å². The molecule has 1 unspecified atom stereocenters. The highest BCUT2D eigenvalue weighted by Gasteiger charge is 2.48. The molecular weight excluding hydrogens is 274 g/mol. The molecule has 1 atom stereocenters. The predicted molar refractivity (Wildman–Crippen MR) is 86.1 cm³/mol. The Labute approximate surface area is 116 Å². The largest absolute Gasteiger partial charge is 0.398 e. The fraction of sp³-hybridized carbons (Fsp3) is 1.00. The number of nitrogens with zero attached hydrogens (tertiary/aromatic N) is 1. The maximum atomic E-state index is 6.29. The molecule has 0 radical (unpaired) electrons. The Morgan fingerprint density at radius 3 is 2.00 bits per heavy atom. The first-order chi connectivity index (χ1) is 8.17. The first kappa shape index (κ1) is 16.6. The average molecular weight is 306 g/mol. The van der Waals surface area contributed by atoms with Crippen molar-refractivity contribution in [3.05, 3.63) is 0 Å². The summed E-state index contributed by atoms with van der Waals surface area (Å²) in [6, 6.07) is 3.98. The Morgan fingerprint density at radius 1 is 1.11 bits per heavy atom. The van der Waals surface area contributed by atoms with Gasteiger partial charge in [0.05, 0.1) is 6.73 Å². The highest BCUT2D eigenvalue weighted by atomic mass is 28.4. The number of hydrogen-bond acceptors (Lipinski definition) is 3. The molecule has 18 heavy (non-hydrogen) atoms. The molecule has 0 aromatic rings. The van der Waals surface area contributed by atoms with Gasteiger partial charge in [-0.3, -0.25) is 0 Å². The van der Waals surface area contributed by atoms with Crippen molar-refractivity contribution in [2.24, 2.45) is 0 Å². The van der Waals surface area contributed by atoms with Gasteiger partial charge < -0.3 is 13.1 Å². The Kier molecular flexibility index (Phi) is 5.42. The molecule has 0 N–H and O–H groups in total. The molecule has 1 heterocycles. The van der Waals surface area contributed by atoms with Gasteiger partial charge in [0.25, 0.3) is 0 Å². The zero-order chi connectivity index (χ0) is 14.0. The molecule has 3 nitrogen and oxygen atoms in total. The molecule has 0 bridgehead atoms. The fourth-order valence-electron chi connectivity index (χ4n) is 2.94. The van der Waals surface area contributed by atoms with E-state index in [9.17, 15) is 0 Å². The molecule has 1 rings (SSSR count). The van der Waals surface area contributed by atoms with Crippen LogP contribution in [0.5, 0.6) is 0 Å². The Morgan fingerprint density at radius 2 is 1.61 bits per heavy atom. The van der Waals surface area contributed by atoms with E-state index in [-0.39, 0.29) is 0 Å². The van der Waals surface area contributed by atoms with Crippen molar-refractivity contribution in [1.82, 2.24) is 4.23 Å². The van der Waals surface area contributed by atoms with E-state index in [4.69, 9.17) is 8.85 Å². The quantitative estimate of drug-likeness (QED) is 0.696. The van der Waals surface area contributed by atoms with Crippen molar-refractivity contribution in [1.29, 1.82) is 0 Å². The van der Waals surface area contributed by atoms with Gasteiger partial charge in [-0.05, 0) is 24.7 Å². The van der Waals surface area contributed by atoms with Gasteiger partial charge in [-0.25, -0.2) is 0 Å². The summed E-state index contributed by atoms with van der Waals surface area (Å²) in [5, 5.41) is 0. The third-order valence-corrected chi connectivity index (χ3v) is 17.7. The second-order valence-electron chi connectivity index (χ2n) is 6.91. The van der Waals surface area contributed by atoms with E-state index in [0.29, 0.717) is 0 Å². The number of rotatable bonds is 6. The SMILES string of the molecule is CCC[Si](C)(OC)OCN1[Si](C)(C)CC[Si]1(C)C. The summed E-state index contributed by atoms with van der Waals surface area (Å²) in [4.78, 5) is 0. The summed E-state index contributed by atoms with van der Waals surface area (Å²) in [6.07, 6.45) is 1.15. The highest BCUT2D eigenvalue weighted by molar-refractivity contribution is 6.95. The van der Waals surface area contributed by atoms with Gasteiger partial charge in [-0.15, -0.1) is 0 Å². The smallest absolute Gasteiger partial charge is 0.335 e. The van der Waals surface area contributed by atoms with Crippen molar-refractivity contribution in [2.75, 3.05) is 13.8 Å². The van der Waals surface area contributed by atoms with Crippen LogP contribution >= 0.6 is 0 Å². The third kappa shape index (κ3) is 3.77. The molecular formula is C12H31NO2Si3. The molecule has 0 aromatic carbocycles. The minimum absolute atomic E-state index is 0.828. The summed E-state index contributed by atoms with van der Waals surface area (Å²) in [6.45, 7) is 15.2. The summed E-state index contributed by atoms with van der Waals surface area (Å²) >= 11 is 0.